The number of fused-ring (bicyclic) bond motifs is 1. The lowest BCUT2D eigenvalue weighted by molar-refractivity contribution is -0.0954. The first-order chi connectivity index (χ1) is 7.70. The molecular formula is C12H13FO3. The molecule has 3 rings (SSSR count). The molecule has 1 spiro atoms. The molecule has 2 unspecified atom stereocenters. The van der Waals surface area contributed by atoms with Crippen LogP contribution in [0.15, 0.2) is 18.2 Å². The minimum atomic E-state index is -1.10. The van der Waals surface area contributed by atoms with Crippen LogP contribution in [0.4, 0.5) is 4.39 Å². The Balaban J connectivity index is 1.93. The fraction of sp³-hybridized carbons (Fsp3) is 0.500. The topological polar surface area (TPSA) is 38.7 Å². The number of phenols is 1. The minimum Gasteiger partial charge on any atom is -0.508 e. The number of halogens is 1. The Morgan fingerprint density at radius 2 is 2.31 bits per heavy atom. The van der Waals surface area contributed by atoms with Gasteiger partial charge < -0.3 is 14.6 Å². The van der Waals surface area contributed by atoms with Crippen LogP contribution in [-0.4, -0.2) is 30.1 Å². The van der Waals surface area contributed by atoms with Gasteiger partial charge in [-0.25, -0.2) is 4.39 Å². The first-order valence-electron chi connectivity index (χ1n) is 5.42. The second-order valence-electron chi connectivity index (χ2n) is 4.43. The minimum absolute atomic E-state index is 0.0972. The zero-order valence-corrected chi connectivity index (χ0v) is 8.78. The van der Waals surface area contributed by atoms with Gasteiger partial charge in [0.2, 0.25) is 0 Å². The molecular weight excluding hydrogens is 211 g/mol. The lowest BCUT2D eigenvalue weighted by atomic mass is 9.88. The average Bonchev–Trinajstić information content (AvgIpc) is 2.61. The van der Waals surface area contributed by atoms with Gasteiger partial charge in [0, 0.05) is 18.4 Å². The van der Waals surface area contributed by atoms with Gasteiger partial charge in [-0.1, -0.05) is 0 Å². The van der Waals surface area contributed by atoms with Crippen molar-refractivity contribution >= 4 is 0 Å². The van der Waals surface area contributed by atoms with E-state index in [1.54, 1.807) is 18.2 Å². The first-order valence-corrected chi connectivity index (χ1v) is 5.42. The van der Waals surface area contributed by atoms with Crippen LogP contribution >= 0.6 is 0 Å². The zero-order chi connectivity index (χ0) is 11.2. The summed E-state index contributed by atoms with van der Waals surface area (Å²) in [7, 11) is 0. The second-order valence-corrected chi connectivity index (χ2v) is 4.43. The van der Waals surface area contributed by atoms with Crippen LogP contribution in [0.5, 0.6) is 11.5 Å². The molecule has 0 radical (unpaired) electrons. The largest absolute Gasteiger partial charge is 0.508 e. The van der Waals surface area contributed by atoms with Crippen molar-refractivity contribution in [1.29, 1.82) is 0 Å². The lowest BCUT2D eigenvalue weighted by Crippen LogP contribution is -2.50. The molecule has 1 N–H and O–H groups in total. The Morgan fingerprint density at radius 3 is 3.12 bits per heavy atom. The Labute approximate surface area is 92.8 Å². The lowest BCUT2D eigenvalue weighted by Gasteiger charge is -2.35. The number of alkyl halides is 1. The van der Waals surface area contributed by atoms with E-state index in [9.17, 15) is 9.50 Å². The smallest absolute Gasteiger partial charge is 0.163 e. The molecule has 1 saturated heterocycles. The molecule has 4 heteroatoms. The van der Waals surface area contributed by atoms with Gasteiger partial charge in [-0.2, -0.15) is 0 Å². The Bertz CT molecular complexity index is 421. The molecule has 0 aliphatic carbocycles. The third kappa shape index (κ3) is 1.37. The van der Waals surface area contributed by atoms with E-state index in [2.05, 4.69) is 0 Å². The van der Waals surface area contributed by atoms with Crippen molar-refractivity contribution in [2.75, 3.05) is 13.2 Å². The van der Waals surface area contributed by atoms with E-state index < -0.39 is 11.8 Å². The Hall–Kier alpha value is -1.29. The van der Waals surface area contributed by atoms with Gasteiger partial charge in [0.25, 0.3) is 0 Å². The van der Waals surface area contributed by atoms with Crippen LogP contribution in [0.2, 0.25) is 0 Å². The van der Waals surface area contributed by atoms with Crippen molar-refractivity contribution in [3.05, 3.63) is 23.8 Å². The summed E-state index contributed by atoms with van der Waals surface area (Å²) in [5.41, 5.74) is 0.110. The number of hydrogen-bond acceptors (Lipinski definition) is 3. The van der Waals surface area contributed by atoms with Gasteiger partial charge in [-0.05, 0) is 18.2 Å². The van der Waals surface area contributed by atoms with E-state index in [4.69, 9.17) is 9.47 Å². The maximum Gasteiger partial charge on any atom is 0.163 e. The predicted octanol–water partition coefficient (Wildman–Crippen LogP) is 1.82. The molecule has 3 nitrogen and oxygen atoms in total. The molecule has 16 heavy (non-hydrogen) atoms. The normalized spacial score (nSPS) is 32.4. The van der Waals surface area contributed by atoms with Crippen LogP contribution in [0.25, 0.3) is 0 Å². The predicted molar refractivity (Wildman–Crippen MR) is 55.5 cm³/mol. The van der Waals surface area contributed by atoms with Crippen LogP contribution in [-0.2, 0) is 11.2 Å². The number of hydrogen-bond donors (Lipinski definition) is 1. The molecule has 0 saturated carbocycles. The van der Waals surface area contributed by atoms with E-state index in [0.29, 0.717) is 25.2 Å². The van der Waals surface area contributed by atoms with Crippen molar-refractivity contribution in [1.82, 2.24) is 0 Å². The first kappa shape index (κ1) is 9.90. The summed E-state index contributed by atoms with van der Waals surface area (Å²) in [4.78, 5) is 0. The van der Waals surface area contributed by atoms with Crippen molar-refractivity contribution in [3.63, 3.8) is 0 Å². The quantitative estimate of drug-likeness (QED) is 0.730. The van der Waals surface area contributed by atoms with Crippen LogP contribution in [0.1, 0.15) is 12.0 Å². The van der Waals surface area contributed by atoms with Crippen molar-refractivity contribution in [2.45, 2.75) is 24.6 Å². The summed E-state index contributed by atoms with van der Waals surface area (Å²) >= 11 is 0. The molecule has 86 valence electrons. The Kier molecular flexibility index (Phi) is 2.07. The highest BCUT2D eigenvalue weighted by molar-refractivity contribution is 5.44. The number of benzene rings is 1. The molecule has 1 aromatic rings. The molecule has 0 bridgehead atoms. The summed E-state index contributed by atoms with van der Waals surface area (Å²) in [6, 6.07) is 4.90. The van der Waals surface area contributed by atoms with Crippen LogP contribution < -0.4 is 4.74 Å². The molecule has 2 aliphatic rings. The number of aromatic hydroxyl groups is 1. The average molecular weight is 224 g/mol. The zero-order valence-electron chi connectivity index (χ0n) is 8.78. The van der Waals surface area contributed by atoms with Gasteiger partial charge in [0.15, 0.2) is 6.17 Å². The maximum atomic E-state index is 13.9. The summed E-state index contributed by atoms with van der Waals surface area (Å²) < 4.78 is 24.7. The summed E-state index contributed by atoms with van der Waals surface area (Å²) in [6.45, 7) is 0.625. The van der Waals surface area contributed by atoms with Gasteiger partial charge in [0.1, 0.15) is 17.1 Å². The molecule has 0 amide bonds. The van der Waals surface area contributed by atoms with Crippen LogP contribution in [0.3, 0.4) is 0 Å². The van der Waals surface area contributed by atoms with Gasteiger partial charge >= 0.3 is 0 Å². The molecule has 0 aromatic heterocycles. The molecule has 2 aliphatic heterocycles. The standard InChI is InChI=1S/C12H13FO3/c13-11-7-15-4-3-12(11)6-8-5-9(14)1-2-10(8)16-12/h1-2,5,11,14H,3-4,6-7H2. The molecule has 2 heterocycles. The summed E-state index contributed by atoms with van der Waals surface area (Å²) in [5, 5.41) is 9.38. The highest BCUT2D eigenvalue weighted by Crippen LogP contribution is 2.42. The van der Waals surface area contributed by atoms with E-state index >= 15 is 0 Å². The molecule has 2 atom stereocenters. The fourth-order valence-corrected chi connectivity index (χ4v) is 2.44. The van der Waals surface area contributed by atoms with E-state index in [1.807, 2.05) is 0 Å². The van der Waals surface area contributed by atoms with Gasteiger partial charge in [-0.15, -0.1) is 0 Å². The molecule has 1 fully saturated rings. The third-order valence-corrected chi connectivity index (χ3v) is 3.35. The summed E-state index contributed by atoms with van der Waals surface area (Å²) in [6.07, 6.45) is -0.0268. The van der Waals surface area contributed by atoms with E-state index in [0.717, 1.165) is 5.56 Å². The third-order valence-electron chi connectivity index (χ3n) is 3.35. The van der Waals surface area contributed by atoms with Crippen LogP contribution in [0, 0.1) is 0 Å². The van der Waals surface area contributed by atoms with Gasteiger partial charge in [-0.3, -0.25) is 0 Å². The van der Waals surface area contributed by atoms with Crippen molar-refractivity contribution in [2.24, 2.45) is 0 Å². The fourth-order valence-electron chi connectivity index (χ4n) is 2.44. The SMILES string of the molecule is Oc1ccc2c(c1)CC1(CCOCC1F)O2. The maximum absolute atomic E-state index is 13.9. The Morgan fingerprint density at radius 1 is 1.44 bits per heavy atom. The highest BCUT2D eigenvalue weighted by Gasteiger charge is 2.48. The van der Waals surface area contributed by atoms with Gasteiger partial charge in [0.05, 0.1) is 13.2 Å². The summed E-state index contributed by atoms with van der Waals surface area (Å²) in [5.74, 6) is 0.879. The van der Waals surface area contributed by atoms with E-state index in [-0.39, 0.29) is 12.4 Å². The number of ether oxygens (including phenoxy) is 2. The number of phenolic OH excluding ortho intramolecular Hbond substituents is 1. The molecule has 1 aromatic carbocycles. The monoisotopic (exact) mass is 224 g/mol. The number of rotatable bonds is 0. The highest BCUT2D eigenvalue weighted by atomic mass is 19.1. The second kappa shape index (κ2) is 3.35. The van der Waals surface area contributed by atoms with E-state index in [1.165, 1.54) is 0 Å². The van der Waals surface area contributed by atoms with Crippen molar-refractivity contribution in [3.8, 4) is 11.5 Å². The van der Waals surface area contributed by atoms with Crippen molar-refractivity contribution < 1.29 is 19.0 Å².